The average Bonchev–Trinajstić information content (AvgIpc) is 2.30. The first kappa shape index (κ1) is 9.80. The third-order valence-corrected chi connectivity index (χ3v) is 2.68. The zero-order chi connectivity index (χ0) is 9.41. The van der Waals surface area contributed by atoms with E-state index in [9.17, 15) is 13.2 Å². The number of likely N-dealkylation sites (N-methyl/N-ethyl adjacent to an activating group) is 1. The molecular formula is C7H13F3N2. The van der Waals surface area contributed by atoms with E-state index in [2.05, 4.69) is 0 Å². The summed E-state index contributed by atoms with van der Waals surface area (Å²) in [7, 11) is 1.48. The topological polar surface area (TPSA) is 29.3 Å². The minimum atomic E-state index is -4.20. The summed E-state index contributed by atoms with van der Waals surface area (Å²) in [4.78, 5) is 1.31. The Morgan fingerprint density at radius 1 is 1.50 bits per heavy atom. The van der Waals surface area contributed by atoms with Crippen molar-refractivity contribution in [1.82, 2.24) is 4.90 Å². The number of alkyl halides is 3. The molecule has 0 aromatic rings. The quantitative estimate of drug-likeness (QED) is 0.654. The predicted molar refractivity (Wildman–Crippen MR) is 39.7 cm³/mol. The molecule has 0 amide bonds. The zero-order valence-electron chi connectivity index (χ0n) is 6.99. The second kappa shape index (κ2) is 2.88. The van der Waals surface area contributed by atoms with Crippen LogP contribution < -0.4 is 5.73 Å². The maximum Gasteiger partial charge on any atom is 0.408 e. The van der Waals surface area contributed by atoms with Crippen molar-refractivity contribution in [3.63, 3.8) is 0 Å². The second-order valence-corrected chi connectivity index (χ2v) is 3.26. The Morgan fingerprint density at radius 2 is 2.08 bits per heavy atom. The van der Waals surface area contributed by atoms with E-state index in [-0.39, 0.29) is 13.0 Å². The molecule has 1 saturated heterocycles. The van der Waals surface area contributed by atoms with Gasteiger partial charge in [-0.25, -0.2) is 0 Å². The Kier molecular flexibility index (Phi) is 2.35. The number of nitrogens with zero attached hydrogens (tertiary/aromatic N) is 1. The highest BCUT2D eigenvalue weighted by atomic mass is 19.4. The molecule has 2 N–H and O–H groups in total. The van der Waals surface area contributed by atoms with E-state index in [4.69, 9.17) is 5.73 Å². The van der Waals surface area contributed by atoms with Gasteiger partial charge in [-0.2, -0.15) is 13.2 Å². The van der Waals surface area contributed by atoms with Crippen molar-refractivity contribution in [2.24, 2.45) is 5.73 Å². The van der Waals surface area contributed by atoms with Gasteiger partial charge in [0.05, 0.1) is 0 Å². The van der Waals surface area contributed by atoms with Crippen LogP contribution in [0.25, 0.3) is 0 Å². The minimum absolute atomic E-state index is 0.128. The third-order valence-electron chi connectivity index (χ3n) is 2.68. The molecule has 0 spiro atoms. The van der Waals surface area contributed by atoms with Gasteiger partial charge >= 0.3 is 6.18 Å². The Labute approximate surface area is 69.5 Å². The van der Waals surface area contributed by atoms with Crippen molar-refractivity contribution in [1.29, 1.82) is 0 Å². The minimum Gasteiger partial charge on any atom is -0.328 e. The lowest BCUT2D eigenvalue weighted by molar-refractivity contribution is -0.216. The van der Waals surface area contributed by atoms with Gasteiger partial charge in [-0.1, -0.05) is 0 Å². The maximum atomic E-state index is 12.5. The molecule has 1 unspecified atom stereocenters. The number of hydrogen-bond acceptors (Lipinski definition) is 2. The molecule has 0 aliphatic carbocycles. The van der Waals surface area contributed by atoms with Gasteiger partial charge in [0.2, 0.25) is 0 Å². The van der Waals surface area contributed by atoms with Gasteiger partial charge in [0.25, 0.3) is 0 Å². The number of likely N-dealkylation sites (tertiary alicyclic amines) is 1. The molecule has 1 aliphatic rings. The number of halogens is 3. The van der Waals surface area contributed by atoms with Crippen LogP contribution in [0.4, 0.5) is 13.2 Å². The lowest BCUT2D eigenvalue weighted by Gasteiger charge is -2.36. The molecule has 72 valence electrons. The van der Waals surface area contributed by atoms with Crippen LogP contribution in [0, 0.1) is 0 Å². The number of hydrogen-bond donors (Lipinski definition) is 1. The van der Waals surface area contributed by atoms with Crippen LogP contribution in [0.15, 0.2) is 0 Å². The molecule has 0 radical (unpaired) electrons. The van der Waals surface area contributed by atoms with Crippen molar-refractivity contribution in [2.45, 2.75) is 24.6 Å². The summed E-state index contributed by atoms with van der Waals surface area (Å²) in [6, 6.07) is 0. The molecular weight excluding hydrogens is 169 g/mol. The Hall–Kier alpha value is -0.290. The third kappa shape index (κ3) is 1.21. The zero-order valence-corrected chi connectivity index (χ0v) is 6.99. The molecule has 0 aromatic carbocycles. The van der Waals surface area contributed by atoms with Crippen LogP contribution in [-0.4, -0.2) is 36.8 Å². The maximum absolute atomic E-state index is 12.5. The van der Waals surface area contributed by atoms with E-state index >= 15 is 0 Å². The lowest BCUT2D eigenvalue weighted by Crippen LogP contribution is -2.58. The van der Waals surface area contributed by atoms with Crippen LogP contribution in [0.2, 0.25) is 0 Å². The summed E-state index contributed by atoms with van der Waals surface area (Å²) in [6.45, 7) is 0.143. The molecule has 12 heavy (non-hydrogen) atoms. The van der Waals surface area contributed by atoms with Gasteiger partial charge in [0.15, 0.2) is 0 Å². The number of rotatable bonds is 1. The first-order chi connectivity index (χ1) is 5.44. The van der Waals surface area contributed by atoms with Gasteiger partial charge in [-0.15, -0.1) is 0 Å². The van der Waals surface area contributed by atoms with E-state index in [0.717, 1.165) is 0 Å². The van der Waals surface area contributed by atoms with E-state index in [1.165, 1.54) is 11.9 Å². The summed E-state index contributed by atoms with van der Waals surface area (Å²) >= 11 is 0. The molecule has 1 fully saturated rings. The summed E-state index contributed by atoms with van der Waals surface area (Å²) < 4.78 is 37.6. The molecule has 0 aromatic heterocycles. The Balaban J connectivity index is 2.89. The van der Waals surface area contributed by atoms with Crippen molar-refractivity contribution >= 4 is 0 Å². The van der Waals surface area contributed by atoms with Crippen molar-refractivity contribution in [3.8, 4) is 0 Å². The molecule has 2 nitrogen and oxygen atoms in total. The Morgan fingerprint density at radius 3 is 2.25 bits per heavy atom. The summed E-state index contributed by atoms with van der Waals surface area (Å²) in [5.74, 6) is 0. The van der Waals surface area contributed by atoms with Crippen molar-refractivity contribution in [2.75, 3.05) is 20.1 Å². The fourth-order valence-electron chi connectivity index (χ4n) is 1.75. The van der Waals surface area contributed by atoms with Crippen molar-refractivity contribution in [3.05, 3.63) is 0 Å². The smallest absolute Gasteiger partial charge is 0.328 e. The molecule has 0 saturated carbocycles. The van der Waals surface area contributed by atoms with Crippen LogP contribution in [-0.2, 0) is 0 Å². The molecule has 1 aliphatic heterocycles. The highest BCUT2D eigenvalue weighted by Crippen LogP contribution is 2.41. The van der Waals surface area contributed by atoms with Crippen molar-refractivity contribution < 1.29 is 13.2 Å². The number of nitrogens with two attached hydrogens (primary N) is 1. The fraction of sp³-hybridized carbons (Fsp3) is 1.00. The first-order valence-corrected chi connectivity index (χ1v) is 3.92. The summed E-state index contributed by atoms with van der Waals surface area (Å²) in [5.41, 5.74) is 3.43. The van der Waals surface area contributed by atoms with Gasteiger partial charge in [0, 0.05) is 6.54 Å². The molecule has 1 heterocycles. The van der Waals surface area contributed by atoms with Crippen LogP contribution in [0.5, 0.6) is 0 Å². The van der Waals surface area contributed by atoms with E-state index < -0.39 is 11.7 Å². The molecule has 0 bridgehead atoms. The highest BCUT2D eigenvalue weighted by Gasteiger charge is 2.58. The average molecular weight is 182 g/mol. The molecule has 1 rings (SSSR count). The second-order valence-electron chi connectivity index (χ2n) is 3.26. The van der Waals surface area contributed by atoms with E-state index in [0.29, 0.717) is 13.0 Å². The summed E-state index contributed by atoms with van der Waals surface area (Å²) in [5, 5.41) is 0. The summed E-state index contributed by atoms with van der Waals surface area (Å²) in [6.07, 6.45) is -3.50. The van der Waals surface area contributed by atoms with Gasteiger partial charge < -0.3 is 5.73 Å². The lowest BCUT2D eigenvalue weighted by atomic mass is 9.96. The van der Waals surface area contributed by atoms with E-state index in [1.54, 1.807) is 0 Å². The van der Waals surface area contributed by atoms with Crippen LogP contribution in [0.1, 0.15) is 12.8 Å². The first-order valence-electron chi connectivity index (χ1n) is 3.92. The van der Waals surface area contributed by atoms with Gasteiger partial charge in [0.1, 0.15) is 5.54 Å². The predicted octanol–water partition coefficient (Wildman–Crippen LogP) is 0.972. The van der Waals surface area contributed by atoms with Gasteiger partial charge in [-0.3, -0.25) is 4.90 Å². The van der Waals surface area contributed by atoms with Gasteiger partial charge in [-0.05, 0) is 26.4 Å². The monoisotopic (exact) mass is 182 g/mol. The van der Waals surface area contributed by atoms with Crippen LogP contribution in [0.3, 0.4) is 0 Å². The SMILES string of the molecule is CN1CCCC1(CN)C(F)(F)F. The standard InChI is InChI=1S/C7H13F3N2/c1-12-4-2-3-6(12,5-11)7(8,9)10/h2-5,11H2,1H3. The van der Waals surface area contributed by atoms with E-state index in [1.807, 2.05) is 0 Å². The largest absolute Gasteiger partial charge is 0.408 e. The Bertz CT molecular complexity index is 169. The normalized spacial score (nSPS) is 32.8. The fourth-order valence-corrected chi connectivity index (χ4v) is 1.75. The molecule has 1 atom stereocenters. The highest BCUT2D eigenvalue weighted by molar-refractivity contribution is 5.00. The van der Waals surface area contributed by atoms with Crippen LogP contribution >= 0.6 is 0 Å². The molecule has 5 heteroatoms.